The van der Waals surface area contributed by atoms with Crippen molar-refractivity contribution in [1.29, 1.82) is 0 Å². The Balaban J connectivity index is 1.11. The van der Waals surface area contributed by atoms with Crippen molar-refractivity contribution in [2.75, 3.05) is 0 Å². The molecule has 6 aromatic carbocycles. The topological polar surface area (TPSA) is 65.0 Å². The van der Waals surface area contributed by atoms with E-state index in [1.807, 2.05) is 67.6 Å². The summed E-state index contributed by atoms with van der Waals surface area (Å²) in [4.78, 5) is 15.5. The van der Waals surface area contributed by atoms with Crippen LogP contribution in [0.5, 0.6) is 0 Å². The Morgan fingerprint density at radius 3 is 2.04 bits per heavy atom. The molecule has 258 valence electrons. The van der Waals surface area contributed by atoms with Crippen molar-refractivity contribution in [3.8, 4) is 33.9 Å². The number of benzene rings is 6. The van der Waals surface area contributed by atoms with Crippen LogP contribution in [0, 0.1) is 0 Å². The fraction of sp³-hybridized carbons (Fsp3) is 0.0816. The summed E-state index contributed by atoms with van der Waals surface area (Å²) in [5.41, 5.74) is 10.5. The zero-order valence-corrected chi connectivity index (χ0v) is 30.0. The lowest BCUT2D eigenvalue weighted by molar-refractivity contribution is 0.596. The van der Waals surface area contributed by atoms with Crippen LogP contribution in [0.15, 0.2) is 173 Å². The molecule has 1 aliphatic rings. The summed E-state index contributed by atoms with van der Waals surface area (Å²) < 4.78 is 12.8. The van der Waals surface area contributed by atoms with Gasteiger partial charge in [-0.3, -0.25) is 0 Å². The highest BCUT2D eigenvalue weighted by Gasteiger charge is 2.31. The molecule has 9 aromatic rings. The lowest BCUT2D eigenvalue weighted by Crippen LogP contribution is -2.24. The van der Waals surface area contributed by atoms with Crippen molar-refractivity contribution in [3.63, 3.8) is 0 Å². The summed E-state index contributed by atoms with van der Waals surface area (Å²) in [5.74, 6) is 1.88. The molecule has 1 atom stereocenters. The van der Waals surface area contributed by atoms with Crippen LogP contribution >= 0.6 is 0 Å². The van der Waals surface area contributed by atoms with Crippen LogP contribution in [-0.4, -0.2) is 15.0 Å². The van der Waals surface area contributed by atoms with Crippen LogP contribution in [0.2, 0.25) is 0 Å². The van der Waals surface area contributed by atoms with E-state index in [9.17, 15) is 0 Å². The van der Waals surface area contributed by atoms with Gasteiger partial charge in [-0.25, -0.2) is 15.0 Å². The van der Waals surface area contributed by atoms with E-state index in [0.29, 0.717) is 17.5 Å². The van der Waals surface area contributed by atoms with Crippen molar-refractivity contribution in [1.82, 2.24) is 15.0 Å². The Labute approximate surface area is 312 Å². The second-order valence-corrected chi connectivity index (χ2v) is 14.1. The Kier molecular flexibility index (Phi) is 7.48. The number of para-hydroxylation sites is 1. The SMILES string of the molecule is C/C=C\C=C/C1(C)CC=C(c2nc(-c3ccccc3)nc(-c3cccc4oc5cc(-c6ccc7c(c6)oc6ccccc67)ccc5c34)n2)c2ccccc21. The van der Waals surface area contributed by atoms with E-state index in [-0.39, 0.29) is 5.41 Å². The molecule has 0 radical (unpaired) electrons. The van der Waals surface area contributed by atoms with Gasteiger partial charge in [0.2, 0.25) is 0 Å². The summed E-state index contributed by atoms with van der Waals surface area (Å²) in [6.07, 6.45) is 11.7. The third-order valence-electron chi connectivity index (χ3n) is 10.7. The van der Waals surface area contributed by atoms with E-state index >= 15 is 0 Å². The van der Waals surface area contributed by atoms with Gasteiger partial charge in [0, 0.05) is 43.7 Å². The van der Waals surface area contributed by atoms with Gasteiger partial charge in [0.15, 0.2) is 17.5 Å². The van der Waals surface area contributed by atoms with Crippen molar-refractivity contribution in [2.24, 2.45) is 0 Å². The average molecular weight is 698 g/mol. The number of fused-ring (bicyclic) bond motifs is 7. The molecule has 3 aromatic heterocycles. The number of hydrogen-bond acceptors (Lipinski definition) is 5. The molecule has 0 N–H and O–H groups in total. The quantitative estimate of drug-likeness (QED) is 0.162. The molecule has 0 saturated carbocycles. The predicted molar refractivity (Wildman–Crippen MR) is 220 cm³/mol. The Bertz CT molecular complexity index is 3000. The summed E-state index contributed by atoms with van der Waals surface area (Å²) in [6.45, 7) is 4.33. The summed E-state index contributed by atoms with van der Waals surface area (Å²) in [7, 11) is 0. The van der Waals surface area contributed by atoms with Crippen LogP contribution in [0.4, 0.5) is 0 Å². The molecule has 10 rings (SSSR count). The zero-order chi connectivity index (χ0) is 36.2. The summed E-state index contributed by atoms with van der Waals surface area (Å²) >= 11 is 0. The monoisotopic (exact) mass is 697 g/mol. The smallest absolute Gasteiger partial charge is 0.164 e. The molecule has 0 spiro atoms. The number of nitrogens with zero attached hydrogens (tertiary/aromatic N) is 3. The second kappa shape index (κ2) is 12.7. The number of allylic oxidation sites excluding steroid dienone is 5. The maximum absolute atomic E-state index is 6.57. The summed E-state index contributed by atoms with van der Waals surface area (Å²) in [5, 5.41) is 4.21. The molecule has 0 saturated heterocycles. The van der Waals surface area contributed by atoms with Gasteiger partial charge >= 0.3 is 0 Å². The van der Waals surface area contributed by atoms with Gasteiger partial charge in [-0.05, 0) is 72.0 Å². The minimum atomic E-state index is -0.157. The van der Waals surface area contributed by atoms with E-state index in [1.54, 1.807) is 0 Å². The van der Waals surface area contributed by atoms with Crippen LogP contribution in [0.1, 0.15) is 37.2 Å². The first-order valence-electron chi connectivity index (χ1n) is 18.4. The Morgan fingerprint density at radius 1 is 0.537 bits per heavy atom. The number of hydrogen-bond donors (Lipinski definition) is 0. The highest BCUT2D eigenvalue weighted by Crippen LogP contribution is 2.43. The molecule has 5 heteroatoms. The molecule has 1 aliphatic carbocycles. The molecule has 0 fully saturated rings. The highest BCUT2D eigenvalue weighted by atomic mass is 16.3. The van der Waals surface area contributed by atoms with E-state index in [2.05, 4.69) is 110 Å². The van der Waals surface area contributed by atoms with Crippen molar-refractivity contribution >= 4 is 49.5 Å². The lowest BCUT2D eigenvalue weighted by Gasteiger charge is -2.32. The van der Waals surface area contributed by atoms with Gasteiger partial charge in [0.05, 0.1) is 0 Å². The van der Waals surface area contributed by atoms with Gasteiger partial charge in [-0.1, -0.05) is 134 Å². The van der Waals surface area contributed by atoms with Crippen LogP contribution in [0.3, 0.4) is 0 Å². The highest BCUT2D eigenvalue weighted by molar-refractivity contribution is 6.13. The second-order valence-electron chi connectivity index (χ2n) is 14.1. The third-order valence-corrected chi connectivity index (χ3v) is 10.7. The first kappa shape index (κ1) is 31.9. The normalized spacial score (nSPS) is 15.9. The van der Waals surface area contributed by atoms with Crippen molar-refractivity contribution < 1.29 is 8.83 Å². The van der Waals surface area contributed by atoms with Gasteiger partial charge in [-0.15, -0.1) is 0 Å². The maximum atomic E-state index is 6.57. The van der Waals surface area contributed by atoms with E-state index in [0.717, 1.165) is 83.7 Å². The van der Waals surface area contributed by atoms with Gasteiger partial charge < -0.3 is 8.83 Å². The molecule has 0 bridgehead atoms. The predicted octanol–water partition coefficient (Wildman–Crippen LogP) is 12.9. The fourth-order valence-corrected chi connectivity index (χ4v) is 7.93. The van der Waals surface area contributed by atoms with Gasteiger partial charge in [0.25, 0.3) is 0 Å². The molecular formula is C49H35N3O2. The first-order chi connectivity index (χ1) is 26.6. The molecule has 1 unspecified atom stereocenters. The molecule has 0 amide bonds. The minimum absolute atomic E-state index is 0.157. The third kappa shape index (κ3) is 5.28. The largest absolute Gasteiger partial charge is 0.456 e. The fourth-order valence-electron chi connectivity index (χ4n) is 7.93. The minimum Gasteiger partial charge on any atom is -0.456 e. The number of aromatic nitrogens is 3. The average Bonchev–Trinajstić information content (AvgIpc) is 3.79. The van der Waals surface area contributed by atoms with Gasteiger partial charge in [-0.2, -0.15) is 0 Å². The number of rotatable bonds is 6. The molecule has 5 nitrogen and oxygen atoms in total. The standard InChI is InChI=1S/C49H35N3O2/c1-3-4-12-27-49(2)28-26-37(34-16-8-10-19-40(34)49)47-50-46(31-14-6-5-7-15-31)51-48(52-47)39-18-13-21-42-45(39)38-25-23-33(30-44(38)54-42)32-22-24-36-35-17-9-11-20-41(35)53-43(36)29-32/h3-27,29-30H,28H2,1-2H3/b4-3-,27-12-. The first-order valence-corrected chi connectivity index (χ1v) is 18.4. The molecule has 54 heavy (non-hydrogen) atoms. The molecular weight excluding hydrogens is 663 g/mol. The Hall–Kier alpha value is -6.85. The van der Waals surface area contributed by atoms with Crippen LogP contribution in [-0.2, 0) is 5.41 Å². The van der Waals surface area contributed by atoms with Crippen LogP contribution < -0.4 is 0 Å². The zero-order valence-electron chi connectivity index (χ0n) is 30.0. The van der Waals surface area contributed by atoms with Crippen molar-refractivity contribution in [3.05, 3.63) is 181 Å². The lowest BCUT2D eigenvalue weighted by atomic mass is 9.71. The maximum Gasteiger partial charge on any atom is 0.164 e. The van der Waals surface area contributed by atoms with Gasteiger partial charge in [0.1, 0.15) is 22.3 Å². The van der Waals surface area contributed by atoms with E-state index in [4.69, 9.17) is 23.8 Å². The number of furan rings is 2. The summed E-state index contributed by atoms with van der Waals surface area (Å²) in [6, 6.07) is 45.8. The Morgan fingerprint density at radius 2 is 1.19 bits per heavy atom. The van der Waals surface area contributed by atoms with E-state index < -0.39 is 0 Å². The van der Waals surface area contributed by atoms with Crippen LogP contribution in [0.25, 0.3) is 83.4 Å². The van der Waals surface area contributed by atoms with Crippen molar-refractivity contribution in [2.45, 2.75) is 25.7 Å². The molecule has 0 aliphatic heterocycles. The van der Waals surface area contributed by atoms with E-state index in [1.165, 1.54) is 5.56 Å². The molecule has 3 heterocycles.